The summed E-state index contributed by atoms with van der Waals surface area (Å²) >= 11 is 0.572. The molecule has 0 amide bonds. The highest BCUT2D eigenvalue weighted by Crippen LogP contribution is 2.57. The topological polar surface area (TPSA) is 17.1 Å². The van der Waals surface area contributed by atoms with Crippen molar-refractivity contribution < 1.29 is 4.21 Å². The third-order valence-corrected chi connectivity index (χ3v) is 5.76. The minimum Gasteiger partial charge on any atom is -0.213 e. The Morgan fingerprint density at radius 1 is 0.696 bits per heavy atom. The molecule has 3 aliphatic carbocycles. The van der Waals surface area contributed by atoms with Crippen LogP contribution in [0.15, 0.2) is 72.8 Å². The highest BCUT2D eigenvalue weighted by molar-refractivity contribution is 7.65. The summed E-state index contributed by atoms with van der Waals surface area (Å²) in [7, 11) is 0. The van der Waals surface area contributed by atoms with Crippen LogP contribution in [-0.2, 0) is 16.7 Å². The van der Waals surface area contributed by atoms with Crippen LogP contribution in [-0.4, -0.2) is 9.58 Å². The first kappa shape index (κ1) is 13.0. The lowest BCUT2D eigenvalue weighted by Crippen LogP contribution is -2.43. The Morgan fingerprint density at radius 2 is 1.09 bits per heavy atom. The fourth-order valence-electron chi connectivity index (χ4n) is 4.52. The maximum Gasteiger partial charge on any atom is 0.0857 e. The van der Waals surface area contributed by atoms with Crippen molar-refractivity contribution in [3.63, 3.8) is 0 Å². The van der Waals surface area contributed by atoms with Gasteiger partial charge in [0.1, 0.15) is 0 Å². The maximum atomic E-state index is 11.7. The van der Waals surface area contributed by atoms with Crippen molar-refractivity contribution in [2.75, 3.05) is 0 Å². The molecule has 0 unspecified atom stereocenters. The molecule has 0 N–H and O–H groups in total. The Morgan fingerprint density at radius 3 is 1.48 bits per heavy atom. The third-order valence-electron chi connectivity index (χ3n) is 5.31. The van der Waals surface area contributed by atoms with Crippen LogP contribution in [0.3, 0.4) is 0 Å². The first-order valence-electron chi connectivity index (χ1n) is 7.79. The summed E-state index contributed by atoms with van der Waals surface area (Å²) in [6, 6.07) is 25.7. The minimum atomic E-state index is -0.440. The monoisotopic (exact) mass is 314 g/mol. The fourth-order valence-corrected chi connectivity index (χ4v) is 5.05. The summed E-state index contributed by atoms with van der Waals surface area (Å²) in [6.07, 6.45) is 0. The summed E-state index contributed by atoms with van der Waals surface area (Å²) < 4.78 is 11.7. The molecule has 2 bridgehead atoms. The van der Waals surface area contributed by atoms with E-state index < -0.39 is 5.41 Å². The van der Waals surface area contributed by atoms with Gasteiger partial charge in [-0.15, -0.1) is 0 Å². The predicted molar refractivity (Wildman–Crippen MR) is 94.4 cm³/mol. The van der Waals surface area contributed by atoms with E-state index in [9.17, 15) is 4.21 Å². The average molecular weight is 314 g/mol. The molecule has 23 heavy (non-hydrogen) atoms. The third kappa shape index (κ3) is 1.45. The lowest BCUT2D eigenvalue weighted by atomic mass is 9.54. The fraction of sp³-hybridized carbons (Fsp3) is 0.0952. The molecule has 0 atom stereocenters. The zero-order valence-corrected chi connectivity index (χ0v) is 13.2. The van der Waals surface area contributed by atoms with Gasteiger partial charge in [-0.1, -0.05) is 72.8 Å². The number of hydrogen-bond acceptors (Lipinski definition) is 1. The Balaban J connectivity index is 2.04. The maximum absolute atomic E-state index is 11.7. The summed E-state index contributed by atoms with van der Waals surface area (Å²) in [5.74, 6) is 0.269. The van der Waals surface area contributed by atoms with Gasteiger partial charge in [0.05, 0.1) is 16.7 Å². The van der Waals surface area contributed by atoms with Crippen LogP contribution in [0.1, 0.15) is 39.3 Å². The quantitative estimate of drug-likeness (QED) is 0.624. The molecule has 0 radical (unpaired) electrons. The molecule has 6 rings (SSSR count). The van der Waals surface area contributed by atoms with E-state index in [-0.39, 0.29) is 5.92 Å². The molecule has 3 aromatic carbocycles. The Hall–Kier alpha value is -2.45. The molecular weight excluding hydrogens is 300 g/mol. The highest BCUT2D eigenvalue weighted by atomic mass is 32.1. The van der Waals surface area contributed by atoms with Crippen molar-refractivity contribution in [2.45, 2.75) is 11.3 Å². The molecule has 1 nitrogen and oxygen atoms in total. The Labute approximate surface area is 138 Å². The Kier molecular flexibility index (Phi) is 2.56. The van der Waals surface area contributed by atoms with Crippen LogP contribution in [0.5, 0.6) is 0 Å². The van der Waals surface area contributed by atoms with Gasteiger partial charge < -0.3 is 0 Å². The van der Waals surface area contributed by atoms with Gasteiger partial charge in [-0.25, -0.2) is 4.21 Å². The molecule has 0 fully saturated rings. The van der Waals surface area contributed by atoms with E-state index in [4.69, 9.17) is 0 Å². The van der Waals surface area contributed by atoms with Crippen molar-refractivity contribution in [1.82, 2.24) is 0 Å². The van der Waals surface area contributed by atoms with E-state index in [1.54, 1.807) is 0 Å². The predicted octanol–water partition coefficient (Wildman–Crippen LogP) is 3.84. The van der Waals surface area contributed by atoms with Crippen molar-refractivity contribution in [3.05, 3.63) is 106 Å². The lowest BCUT2D eigenvalue weighted by molar-refractivity contribution is 0.687. The van der Waals surface area contributed by atoms with Gasteiger partial charge in [-0.05, 0) is 33.4 Å². The van der Waals surface area contributed by atoms with Gasteiger partial charge >= 0.3 is 0 Å². The summed E-state index contributed by atoms with van der Waals surface area (Å²) in [5, 5.41) is 1.87. The first-order chi connectivity index (χ1) is 11.4. The number of hydrogen-bond donors (Lipinski definition) is 0. The van der Waals surface area contributed by atoms with Crippen molar-refractivity contribution in [3.8, 4) is 0 Å². The van der Waals surface area contributed by atoms with E-state index in [2.05, 4.69) is 72.8 Å². The smallest absolute Gasteiger partial charge is 0.0857 e. The molecule has 110 valence electrons. The van der Waals surface area contributed by atoms with E-state index in [1.807, 2.05) is 5.37 Å². The molecule has 3 aromatic rings. The molecule has 2 heteroatoms. The van der Waals surface area contributed by atoms with Gasteiger partial charge in [0.25, 0.3) is 0 Å². The van der Waals surface area contributed by atoms with Crippen molar-refractivity contribution in [2.24, 2.45) is 0 Å². The Bertz CT molecular complexity index is 882. The van der Waals surface area contributed by atoms with Crippen LogP contribution >= 0.6 is 0 Å². The van der Waals surface area contributed by atoms with E-state index in [0.717, 1.165) is 0 Å². The summed E-state index contributed by atoms with van der Waals surface area (Å²) in [4.78, 5) is 0. The molecule has 3 aliphatic rings. The largest absolute Gasteiger partial charge is 0.213 e. The SMILES string of the molecule is O=S=CC12c3ccccc3C(c3ccccc31)c1ccccc12. The zero-order valence-electron chi connectivity index (χ0n) is 12.4. The van der Waals surface area contributed by atoms with Crippen molar-refractivity contribution >= 4 is 16.6 Å². The van der Waals surface area contributed by atoms with Crippen LogP contribution in [0.25, 0.3) is 0 Å². The normalized spacial score (nSPS) is 22.7. The molecule has 0 spiro atoms. The van der Waals surface area contributed by atoms with Gasteiger partial charge in [-0.3, -0.25) is 0 Å². The van der Waals surface area contributed by atoms with Crippen LogP contribution in [0, 0.1) is 0 Å². The summed E-state index contributed by atoms with van der Waals surface area (Å²) in [5.41, 5.74) is 7.31. The summed E-state index contributed by atoms with van der Waals surface area (Å²) in [6.45, 7) is 0. The average Bonchev–Trinajstić information content (AvgIpc) is 2.62. The lowest BCUT2D eigenvalue weighted by Gasteiger charge is -2.48. The molecule has 0 aromatic heterocycles. The molecule has 0 heterocycles. The first-order valence-corrected chi connectivity index (χ1v) is 8.59. The van der Waals surface area contributed by atoms with E-state index in [0.29, 0.717) is 11.3 Å². The number of rotatable bonds is 1. The second kappa shape index (κ2) is 4.53. The molecule has 0 saturated carbocycles. The minimum absolute atomic E-state index is 0.269. The van der Waals surface area contributed by atoms with Gasteiger partial charge in [0.2, 0.25) is 0 Å². The molecular formula is C21H14OS. The van der Waals surface area contributed by atoms with Crippen LogP contribution in [0.4, 0.5) is 0 Å². The van der Waals surface area contributed by atoms with Crippen LogP contribution < -0.4 is 0 Å². The molecule has 0 aliphatic heterocycles. The number of benzene rings is 3. The second-order valence-electron chi connectivity index (χ2n) is 6.22. The van der Waals surface area contributed by atoms with Gasteiger partial charge in [0, 0.05) is 11.3 Å². The van der Waals surface area contributed by atoms with E-state index >= 15 is 0 Å². The van der Waals surface area contributed by atoms with Gasteiger partial charge in [0.15, 0.2) is 0 Å². The van der Waals surface area contributed by atoms with Crippen LogP contribution in [0.2, 0.25) is 0 Å². The molecule has 0 saturated heterocycles. The van der Waals surface area contributed by atoms with E-state index in [1.165, 1.54) is 33.4 Å². The second-order valence-corrected chi connectivity index (χ2v) is 6.65. The standard InChI is InChI=1S/C21H14OS/c22-23-13-21-17-10-4-1-7-14(17)20(15-8-2-5-11-18(15)21)16-9-3-6-12-19(16)21/h1-13,20H. The zero-order chi connectivity index (χ0) is 15.4. The van der Waals surface area contributed by atoms with Crippen molar-refractivity contribution in [1.29, 1.82) is 0 Å². The van der Waals surface area contributed by atoms with Gasteiger partial charge in [-0.2, -0.15) is 0 Å². The highest BCUT2D eigenvalue weighted by Gasteiger charge is 2.50.